The van der Waals surface area contributed by atoms with E-state index in [1.807, 2.05) is 0 Å². The van der Waals surface area contributed by atoms with Gasteiger partial charge in [0.25, 0.3) is 0 Å². The minimum absolute atomic E-state index is 0.275. The highest BCUT2D eigenvalue weighted by Crippen LogP contribution is 2.39. The van der Waals surface area contributed by atoms with Gasteiger partial charge in [-0.3, -0.25) is 4.79 Å². The third kappa shape index (κ3) is 7.15. The lowest BCUT2D eigenvalue weighted by molar-refractivity contribution is 0.106. The molecule has 2 rings (SSSR count). The molecule has 13 nitrogen and oxygen atoms in total. The number of oxime groups is 2. The summed E-state index contributed by atoms with van der Waals surface area (Å²) in [6.07, 6.45) is 1.90. The fourth-order valence-electron chi connectivity index (χ4n) is 2.82. The van der Waals surface area contributed by atoms with Gasteiger partial charge in [0.1, 0.15) is 11.9 Å². The summed E-state index contributed by atoms with van der Waals surface area (Å²) in [5.74, 6) is 7.25. The number of ketones is 1. The van der Waals surface area contributed by atoms with E-state index in [4.69, 9.17) is 44.7 Å². The van der Waals surface area contributed by atoms with Crippen LogP contribution in [-0.2, 0) is 0 Å². The molecule has 13 heteroatoms. The second-order valence-corrected chi connectivity index (χ2v) is 6.20. The van der Waals surface area contributed by atoms with Crippen LogP contribution in [0.2, 0.25) is 0 Å². The van der Waals surface area contributed by atoms with Gasteiger partial charge in [-0.1, -0.05) is 10.3 Å². The largest absolute Gasteiger partial charge is 0.493 e. The van der Waals surface area contributed by atoms with Crippen molar-refractivity contribution in [1.29, 1.82) is 0 Å². The van der Waals surface area contributed by atoms with Crippen LogP contribution < -0.4 is 34.3 Å². The molecule has 0 aliphatic carbocycles. The van der Waals surface area contributed by atoms with Crippen LogP contribution >= 0.6 is 0 Å². The van der Waals surface area contributed by atoms with E-state index in [0.717, 1.165) is 12.4 Å². The molecule has 0 atom stereocenters. The van der Waals surface area contributed by atoms with Crippen molar-refractivity contribution >= 4 is 23.9 Å². The summed E-state index contributed by atoms with van der Waals surface area (Å²) in [7, 11) is 8.88. The number of Topliss-reactive ketones (excluding diaryl/α,β-unsaturated/α-hetero) is 1. The zero-order valence-electron chi connectivity index (χ0n) is 20.1. The highest BCUT2D eigenvalue weighted by Gasteiger charge is 2.16. The minimum atomic E-state index is -0.466. The van der Waals surface area contributed by atoms with E-state index in [1.165, 1.54) is 54.8 Å². The maximum atomic E-state index is 11.5. The standard InChI is InChI=1S/C11H15N3O4.C11H13NO5/c1-16-9-4-7(8(14-12)6-13-15)5-10(17-2)11(9)18-3;1-15-9-4-7(8(13)6-12-14)5-10(16-2)11(9)17-3/h4-6,15H,12H2,1-3H3;4-6,14H,1-3H3/b13-6+,14-8+;12-6+. The number of hydrogen-bond donors (Lipinski definition) is 3. The number of benzene rings is 2. The van der Waals surface area contributed by atoms with Gasteiger partial charge >= 0.3 is 0 Å². The van der Waals surface area contributed by atoms with Gasteiger partial charge in [0.15, 0.2) is 23.0 Å². The average molecular weight is 492 g/mol. The van der Waals surface area contributed by atoms with Crippen molar-refractivity contribution in [2.75, 3.05) is 42.7 Å². The Bertz CT molecular complexity index is 1030. The van der Waals surface area contributed by atoms with Gasteiger partial charge in [0, 0.05) is 11.1 Å². The number of carbonyl (C=O) groups excluding carboxylic acids is 1. The molecule has 0 unspecified atom stereocenters. The molecular weight excluding hydrogens is 464 g/mol. The van der Waals surface area contributed by atoms with Crippen molar-refractivity contribution in [3.8, 4) is 34.5 Å². The van der Waals surface area contributed by atoms with E-state index in [2.05, 4.69) is 15.4 Å². The molecule has 0 saturated heterocycles. The molecular formula is C22H28N4O9. The normalized spacial score (nSPS) is 11.0. The third-order valence-electron chi connectivity index (χ3n) is 4.40. The van der Waals surface area contributed by atoms with Gasteiger partial charge < -0.3 is 44.7 Å². The first-order chi connectivity index (χ1) is 16.9. The zero-order chi connectivity index (χ0) is 26.4. The van der Waals surface area contributed by atoms with Gasteiger partial charge in [-0.2, -0.15) is 5.10 Å². The number of rotatable bonds is 10. The molecule has 0 radical (unpaired) electrons. The van der Waals surface area contributed by atoms with Crippen LogP contribution in [0.4, 0.5) is 0 Å². The van der Waals surface area contributed by atoms with Crippen LogP contribution in [0.5, 0.6) is 34.5 Å². The second kappa shape index (κ2) is 14.5. The monoisotopic (exact) mass is 492 g/mol. The van der Waals surface area contributed by atoms with Crippen LogP contribution in [0.25, 0.3) is 0 Å². The summed E-state index contributed by atoms with van der Waals surface area (Å²) in [4.78, 5) is 11.5. The summed E-state index contributed by atoms with van der Waals surface area (Å²) >= 11 is 0. The smallest absolute Gasteiger partial charge is 0.207 e. The molecule has 2 aromatic rings. The number of carbonyl (C=O) groups is 1. The van der Waals surface area contributed by atoms with Crippen molar-refractivity contribution in [3.05, 3.63) is 35.4 Å². The molecule has 4 N–H and O–H groups in total. The minimum Gasteiger partial charge on any atom is -0.493 e. The second-order valence-electron chi connectivity index (χ2n) is 6.20. The van der Waals surface area contributed by atoms with Crippen LogP contribution in [0.15, 0.2) is 39.7 Å². The molecule has 0 aliphatic heterocycles. The molecule has 0 saturated carbocycles. The van der Waals surface area contributed by atoms with Crippen molar-refractivity contribution < 1.29 is 43.6 Å². The summed E-state index contributed by atoms with van der Waals surface area (Å²) in [6, 6.07) is 6.25. The Morgan fingerprint density at radius 1 is 0.686 bits per heavy atom. The van der Waals surface area contributed by atoms with Crippen molar-refractivity contribution in [2.45, 2.75) is 0 Å². The van der Waals surface area contributed by atoms with Crippen molar-refractivity contribution in [3.63, 3.8) is 0 Å². The van der Waals surface area contributed by atoms with Crippen LogP contribution in [0, 0.1) is 0 Å². The fourth-order valence-corrected chi connectivity index (χ4v) is 2.82. The van der Waals surface area contributed by atoms with Crippen molar-refractivity contribution in [1.82, 2.24) is 0 Å². The van der Waals surface area contributed by atoms with E-state index in [1.54, 1.807) is 12.1 Å². The lowest BCUT2D eigenvalue weighted by Crippen LogP contribution is -2.07. The lowest BCUT2D eigenvalue weighted by atomic mass is 10.1. The SMILES string of the molecule is COc1cc(C(/C=N/O)=N/N)cc(OC)c1OC.COc1cc(C(=O)/C=N/O)cc(OC)c1OC. The maximum absolute atomic E-state index is 11.5. The van der Waals surface area contributed by atoms with Crippen LogP contribution in [0.3, 0.4) is 0 Å². The first-order valence-corrected chi connectivity index (χ1v) is 9.66. The van der Waals surface area contributed by atoms with Gasteiger partial charge in [0.05, 0.1) is 48.9 Å². The first-order valence-electron chi connectivity index (χ1n) is 9.66. The molecule has 0 amide bonds. The molecule has 0 spiro atoms. The highest BCUT2D eigenvalue weighted by atomic mass is 16.5. The summed E-state index contributed by atoms with van der Waals surface area (Å²) in [5, 5.41) is 25.9. The summed E-state index contributed by atoms with van der Waals surface area (Å²) < 4.78 is 30.8. The predicted molar refractivity (Wildman–Crippen MR) is 128 cm³/mol. The Labute approximate surface area is 201 Å². The first kappa shape index (κ1) is 28.4. The molecule has 2 aromatic carbocycles. The Hall–Kier alpha value is -4.68. The van der Waals surface area contributed by atoms with Gasteiger partial charge in [0.2, 0.25) is 17.3 Å². The van der Waals surface area contributed by atoms with E-state index in [-0.39, 0.29) is 11.3 Å². The van der Waals surface area contributed by atoms with E-state index in [9.17, 15) is 4.79 Å². The van der Waals surface area contributed by atoms with Gasteiger partial charge in [-0.25, -0.2) is 0 Å². The molecule has 0 bridgehead atoms. The van der Waals surface area contributed by atoms with Crippen LogP contribution in [-0.4, -0.2) is 77.0 Å². The Morgan fingerprint density at radius 3 is 1.34 bits per heavy atom. The summed E-state index contributed by atoms with van der Waals surface area (Å²) in [6.45, 7) is 0. The number of nitrogens with two attached hydrogens (primary N) is 1. The zero-order valence-corrected chi connectivity index (χ0v) is 20.1. The quantitative estimate of drug-likeness (QED) is 0.146. The maximum Gasteiger partial charge on any atom is 0.207 e. The lowest BCUT2D eigenvalue weighted by Gasteiger charge is -2.13. The molecule has 0 aliphatic rings. The van der Waals surface area contributed by atoms with Crippen LogP contribution in [0.1, 0.15) is 15.9 Å². The van der Waals surface area contributed by atoms with Gasteiger partial charge in [-0.15, -0.1) is 0 Å². The summed E-state index contributed by atoms with van der Waals surface area (Å²) in [5.41, 5.74) is 1.12. The molecule has 0 fully saturated rings. The van der Waals surface area contributed by atoms with Gasteiger partial charge in [-0.05, 0) is 24.3 Å². The van der Waals surface area contributed by atoms with E-state index in [0.29, 0.717) is 40.1 Å². The highest BCUT2D eigenvalue weighted by molar-refractivity contribution is 6.38. The molecule has 35 heavy (non-hydrogen) atoms. The predicted octanol–water partition coefficient (Wildman–Crippen LogP) is 2.19. The third-order valence-corrected chi connectivity index (χ3v) is 4.40. The number of ether oxygens (including phenoxy) is 6. The number of hydrazone groups is 1. The number of methoxy groups -OCH3 is 6. The molecule has 0 aromatic heterocycles. The molecule has 190 valence electrons. The van der Waals surface area contributed by atoms with Crippen molar-refractivity contribution in [2.24, 2.45) is 21.3 Å². The fraction of sp³-hybridized carbons (Fsp3) is 0.273. The van der Waals surface area contributed by atoms with E-state index >= 15 is 0 Å². The number of nitrogens with zero attached hydrogens (tertiary/aromatic N) is 3. The Morgan fingerprint density at radius 2 is 1.06 bits per heavy atom. The molecule has 0 heterocycles. The average Bonchev–Trinajstić information content (AvgIpc) is 2.90. The van der Waals surface area contributed by atoms with E-state index < -0.39 is 5.78 Å². The Balaban J connectivity index is 0.000000351. The Kier molecular flexibility index (Phi) is 11.7. The topological polar surface area (TPSA) is 176 Å². The number of hydrogen-bond acceptors (Lipinski definition) is 13.